The normalized spacial score (nSPS) is 20.3. The van der Waals surface area contributed by atoms with Crippen LogP contribution in [0.5, 0.6) is 0 Å². The molecule has 5 heteroatoms. The molecule has 1 heterocycles. The van der Waals surface area contributed by atoms with Gasteiger partial charge < -0.3 is 0 Å². The number of halogens is 1. The fourth-order valence-corrected chi connectivity index (χ4v) is 4.38. The number of benzene rings is 2. The third-order valence-electron chi connectivity index (χ3n) is 3.16. The lowest BCUT2D eigenvalue weighted by molar-refractivity contribution is 0.0990. The van der Waals surface area contributed by atoms with E-state index in [1.54, 1.807) is 30.3 Å². The topological polar surface area (TPSA) is 51.2 Å². The zero-order valence-electron chi connectivity index (χ0n) is 9.71. The molecule has 0 unspecified atom stereocenters. The molecule has 3 nitrogen and oxygen atoms in total. The minimum absolute atomic E-state index is 0.0655. The van der Waals surface area contributed by atoms with E-state index in [0.29, 0.717) is 10.6 Å². The van der Waals surface area contributed by atoms with Crippen LogP contribution in [0.1, 0.15) is 21.2 Å². The molecular formula is C14H9ClO3S. The van der Waals surface area contributed by atoms with Crippen LogP contribution in [-0.4, -0.2) is 14.2 Å². The minimum atomic E-state index is -3.67. The molecule has 0 aromatic heterocycles. The number of hydrogen-bond donors (Lipinski definition) is 0. The van der Waals surface area contributed by atoms with Crippen molar-refractivity contribution in [3.05, 3.63) is 64.7 Å². The smallest absolute Gasteiger partial charge is 0.193 e. The third-order valence-corrected chi connectivity index (χ3v) is 5.48. The van der Waals surface area contributed by atoms with Crippen molar-refractivity contribution in [2.45, 2.75) is 10.1 Å². The molecule has 3 rings (SSSR count). The van der Waals surface area contributed by atoms with E-state index >= 15 is 0 Å². The van der Waals surface area contributed by atoms with Gasteiger partial charge in [-0.25, -0.2) is 8.42 Å². The summed E-state index contributed by atoms with van der Waals surface area (Å²) < 4.78 is 24.9. The molecule has 0 saturated carbocycles. The second kappa shape index (κ2) is 4.18. The summed E-state index contributed by atoms with van der Waals surface area (Å²) in [4.78, 5) is 12.4. The summed E-state index contributed by atoms with van der Waals surface area (Å²) in [6, 6.07) is 12.8. The van der Waals surface area contributed by atoms with Gasteiger partial charge in [0.1, 0.15) is 0 Å². The molecule has 1 aliphatic heterocycles. The van der Waals surface area contributed by atoms with Crippen LogP contribution in [-0.2, 0) is 9.84 Å². The minimum Gasteiger partial charge on any atom is -0.292 e. The van der Waals surface area contributed by atoms with E-state index in [1.807, 2.05) is 0 Å². The highest BCUT2D eigenvalue weighted by Crippen LogP contribution is 2.41. The van der Waals surface area contributed by atoms with Gasteiger partial charge >= 0.3 is 0 Å². The van der Waals surface area contributed by atoms with Crippen LogP contribution in [0.3, 0.4) is 0 Å². The molecular weight excluding hydrogens is 284 g/mol. The lowest BCUT2D eigenvalue weighted by atomic mass is 10.0. The Hall–Kier alpha value is -1.65. The number of carbonyl (C=O) groups is 1. The van der Waals surface area contributed by atoms with Gasteiger partial charge in [-0.2, -0.15) is 0 Å². The lowest BCUT2D eigenvalue weighted by Gasteiger charge is -2.07. The fraction of sp³-hybridized carbons (Fsp3) is 0.0714. The zero-order valence-corrected chi connectivity index (χ0v) is 11.3. The Bertz CT molecular complexity index is 767. The van der Waals surface area contributed by atoms with Gasteiger partial charge in [-0.1, -0.05) is 41.9 Å². The maximum absolute atomic E-state index is 12.4. The lowest BCUT2D eigenvalue weighted by Crippen LogP contribution is -2.13. The predicted octanol–water partition coefficient (Wildman–Crippen LogP) is 3.05. The van der Waals surface area contributed by atoms with Gasteiger partial charge in [0, 0.05) is 10.6 Å². The highest BCUT2D eigenvalue weighted by Gasteiger charge is 2.45. The van der Waals surface area contributed by atoms with Gasteiger partial charge in [0.2, 0.25) is 0 Å². The molecule has 2 aromatic carbocycles. The van der Waals surface area contributed by atoms with Crippen molar-refractivity contribution >= 4 is 27.2 Å². The zero-order chi connectivity index (χ0) is 13.6. The van der Waals surface area contributed by atoms with Crippen molar-refractivity contribution in [1.29, 1.82) is 0 Å². The summed E-state index contributed by atoms with van der Waals surface area (Å²) in [6.45, 7) is 0. The molecule has 2 aromatic rings. The Morgan fingerprint density at radius 1 is 1.00 bits per heavy atom. The van der Waals surface area contributed by atoms with Crippen LogP contribution < -0.4 is 0 Å². The van der Waals surface area contributed by atoms with Crippen LogP contribution in [0, 0.1) is 0 Å². The number of fused-ring (bicyclic) bond motifs is 1. The first-order valence-corrected chi connectivity index (χ1v) is 7.57. The first-order chi connectivity index (χ1) is 9.01. The summed E-state index contributed by atoms with van der Waals surface area (Å²) in [5.41, 5.74) is 0.668. The van der Waals surface area contributed by atoms with Crippen LogP contribution in [0.2, 0.25) is 5.02 Å². The summed E-state index contributed by atoms with van der Waals surface area (Å²) in [5, 5.41) is -0.793. The van der Waals surface area contributed by atoms with E-state index in [1.165, 1.54) is 18.2 Å². The number of rotatable bonds is 1. The van der Waals surface area contributed by atoms with E-state index in [-0.39, 0.29) is 10.5 Å². The van der Waals surface area contributed by atoms with Crippen molar-refractivity contribution in [3.63, 3.8) is 0 Å². The largest absolute Gasteiger partial charge is 0.292 e. The van der Waals surface area contributed by atoms with E-state index in [9.17, 15) is 13.2 Å². The van der Waals surface area contributed by atoms with Gasteiger partial charge in [-0.05, 0) is 23.8 Å². The average Bonchev–Trinajstić information content (AvgIpc) is 2.58. The Morgan fingerprint density at radius 2 is 1.68 bits per heavy atom. The van der Waals surface area contributed by atoms with Gasteiger partial charge in [0.15, 0.2) is 20.9 Å². The fourth-order valence-electron chi connectivity index (χ4n) is 2.31. The number of ketones is 1. The highest BCUT2D eigenvalue weighted by atomic mass is 35.5. The monoisotopic (exact) mass is 292 g/mol. The van der Waals surface area contributed by atoms with Crippen molar-refractivity contribution in [3.8, 4) is 0 Å². The van der Waals surface area contributed by atoms with Crippen molar-refractivity contribution < 1.29 is 13.2 Å². The average molecular weight is 293 g/mol. The Labute approximate surface area is 115 Å². The van der Waals surface area contributed by atoms with E-state index < -0.39 is 20.9 Å². The maximum Gasteiger partial charge on any atom is 0.193 e. The molecule has 96 valence electrons. The maximum atomic E-state index is 12.4. The molecule has 0 fully saturated rings. The first kappa shape index (κ1) is 12.4. The summed E-state index contributed by atoms with van der Waals surface area (Å²) >= 11 is 5.83. The Morgan fingerprint density at radius 3 is 2.37 bits per heavy atom. The Kier molecular flexibility index (Phi) is 2.73. The van der Waals surface area contributed by atoms with E-state index in [2.05, 4.69) is 0 Å². The second-order valence-electron chi connectivity index (χ2n) is 4.34. The van der Waals surface area contributed by atoms with Gasteiger partial charge in [0.25, 0.3) is 0 Å². The van der Waals surface area contributed by atoms with E-state index in [4.69, 9.17) is 11.6 Å². The quantitative estimate of drug-likeness (QED) is 0.812. The number of sulfone groups is 1. The molecule has 1 aliphatic rings. The molecule has 0 spiro atoms. The molecule has 0 N–H and O–H groups in total. The highest BCUT2D eigenvalue weighted by molar-refractivity contribution is 7.93. The molecule has 1 atom stereocenters. The Balaban J connectivity index is 2.25. The SMILES string of the molecule is O=C1c2cc(Cl)ccc2S(=O)(=O)[C@@H]1c1ccccc1. The molecule has 0 saturated heterocycles. The van der Waals surface area contributed by atoms with Crippen LogP contribution in [0.25, 0.3) is 0 Å². The second-order valence-corrected chi connectivity index (χ2v) is 6.78. The van der Waals surface area contributed by atoms with Crippen molar-refractivity contribution in [2.75, 3.05) is 0 Å². The van der Waals surface area contributed by atoms with Crippen LogP contribution in [0.4, 0.5) is 0 Å². The third kappa shape index (κ3) is 1.79. The van der Waals surface area contributed by atoms with E-state index in [0.717, 1.165) is 0 Å². The summed E-state index contributed by atoms with van der Waals surface area (Å²) in [6.07, 6.45) is 0. The van der Waals surface area contributed by atoms with Crippen molar-refractivity contribution in [2.24, 2.45) is 0 Å². The van der Waals surface area contributed by atoms with Gasteiger partial charge in [-0.3, -0.25) is 4.79 Å². The van der Waals surface area contributed by atoms with Crippen molar-refractivity contribution in [1.82, 2.24) is 0 Å². The molecule has 19 heavy (non-hydrogen) atoms. The van der Waals surface area contributed by atoms with Gasteiger partial charge in [0.05, 0.1) is 4.90 Å². The first-order valence-electron chi connectivity index (χ1n) is 5.64. The molecule has 0 radical (unpaired) electrons. The van der Waals surface area contributed by atoms with Crippen LogP contribution >= 0.6 is 11.6 Å². The van der Waals surface area contributed by atoms with Crippen LogP contribution in [0.15, 0.2) is 53.4 Å². The van der Waals surface area contributed by atoms with Gasteiger partial charge in [-0.15, -0.1) is 0 Å². The molecule has 0 amide bonds. The molecule has 0 bridgehead atoms. The summed E-state index contributed by atoms with van der Waals surface area (Å²) in [7, 11) is -3.67. The number of Topliss-reactive ketones (excluding diaryl/α,β-unsaturated/α-hetero) is 1. The number of hydrogen-bond acceptors (Lipinski definition) is 3. The number of carbonyl (C=O) groups excluding carboxylic acids is 1. The predicted molar refractivity (Wildman–Crippen MR) is 72.2 cm³/mol. The summed E-state index contributed by atoms with van der Waals surface area (Å²) in [5.74, 6) is -0.413. The molecule has 0 aliphatic carbocycles. The standard InChI is InChI=1S/C14H9ClO3S/c15-10-6-7-12-11(8-10)13(16)14(19(12,17)18)9-4-2-1-3-5-9/h1-8,14H/t14-/m1/s1.